The number of ether oxygens (including phenoxy) is 3. The van der Waals surface area contributed by atoms with Crippen molar-refractivity contribution in [2.75, 3.05) is 13.2 Å². The molecule has 0 radical (unpaired) electrons. The highest BCUT2D eigenvalue weighted by Gasteiger charge is 2.19. The van der Waals surface area contributed by atoms with Crippen LogP contribution in [0.4, 0.5) is 0 Å². The second-order valence-electron chi connectivity index (χ2n) is 23.4. The normalized spacial score (nSPS) is 12.8. The Hall–Kier alpha value is -3.93. The maximum Gasteiger partial charge on any atom is 0.306 e. The molecule has 0 aromatic heterocycles. The first kappa shape index (κ1) is 79.1. The first-order valence-electron chi connectivity index (χ1n) is 35.4. The van der Waals surface area contributed by atoms with Crippen molar-refractivity contribution in [1.82, 2.24) is 0 Å². The molecule has 1 atom stereocenters. The van der Waals surface area contributed by atoms with Crippen LogP contribution in [0.3, 0.4) is 0 Å². The van der Waals surface area contributed by atoms with E-state index in [4.69, 9.17) is 14.2 Å². The number of hydrogen-bond donors (Lipinski definition) is 0. The van der Waals surface area contributed by atoms with Crippen LogP contribution in [-0.2, 0) is 28.6 Å². The third-order valence-corrected chi connectivity index (χ3v) is 15.3. The maximum absolute atomic E-state index is 12.9. The zero-order valence-corrected chi connectivity index (χ0v) is 54.7. The molecule has 0 bridgehead atoms. The molecule has 0 amide bonds. The van der Waals surface area contributed by atoms with Crippen molar-refractivity contribution in [2.24, 2.45) is 0 Å². The molecule has 0 aliphatic carbocycles. The molecule has 0 aromatic carbocycles. The molecule has 0 aliphatic heterocycles. The Morgan fingerprint density at radius 1 is 0.253 bits per heavy atom. The predicted octanol–water partition coefficient (Wildman–Crippen LogP) is 24.6. The zero-order valence-electron chi connectivity index (χ0n) is 54.7. The smallest absolute Gasteiger partial charge is 0.306 e. The fourth-order valence-corrected chi connectivity index (χ4v) is 10.1. The van der Waals surface area contributed by atoms with Crippen LogP contribution in [0.15, 0.2) is 109 Å². The van der Waals surface area contributed by atoms with E-state index < -0.39 is 6.10 Å². The van der Waals surface area contributed by atoms with Gasteiger partial charge in [-0.1, -0.05) is 329 Å². The summed E-state index contributed by atoms with van der Waals surface area (Å²) in [7, 11) is 0. The molecule has 0 saturated carbocycles. The van der Waals surface area contributed by atoms with E-state index in [1.54, 1.807) is 0 Å². The minimum absolute atomic E-state index is 0.0873. The monoisotopic (exact) mass is 1150 g/mol. The van der Waals surface area contributed by atoms with Crippen LogP contribution in [0.25, 0.3) is 0 Å². The molecule has 0 fully saturated rings. The first-order chi connectivity index (χ1) is 41.0. The number of rotatable bonds is 64. The fraction of sp³-hybridized carbons (Fsp3) is 0.727. The second-order valence-corrected chi connectivity index (χ2v) is 23.4. The van der Waals surface area contributed by atoms with Gasteiger partial charge in [0.25, 0.3) is 0 Å². The van der Waals surface area contributed by atoms with E-state index >= 15 is 0 Å². The van der Waals surface area contributed by atoms with Crippen molar-refractivity contribution < 1.29 is 28.6 Å². The highest BCUT2D eigenvalue weighted by Crippen LogP contribution is 2.18. The van der Waals surface area contributed by atoms with Crippen molar-refractivity contribution in [3.63, 3.8) is 0 Å². The number of allylic oxidation sites excluding steroid dienone is 18. The van der Waals surface area contributed by atoms with E-state index in [0.717, 1.165) is 122 Å². The summed E-state index contributed by atoms with van der Waals surface area (Å²) >= 11 is 0. The number of carbonyl (C=O) groups excluding carboxylic acids is 3. The minimum Gasteiger partial charge on any atom is -0.462 e. The lowest BCUT2D eigenvalue weighted by molar-refractivity contribution is -0.167. The average Bonchev–Trinajstić information content (AvgIpc) is 3.49. The Morgan fingerprint density at radius 2 is 0.470 bits per heavy atom. The van der Waals surface area contributed by atoms with Crippen LogP contribution in [0.2, 0.25) is 0 Å². The highest BCUT2D eigenvalue weighted by molar-refractivity contribution is 5.71. The van der Waals surface area contributed by atoms with Crippen molar-refractivity contribution in [2.45, 2.75) is 348 Å². The summed E-state index contributed by atoms with van der Waals surface area (Å²) in [4.78, 5) is 38.4. The van der Waals surface area contributed by atoms with Gasteiger partial charge in [0, 0.05) is 19.3 Å². The molecule has 0 aromatic rings. The van der Waals surface area contributed by atoms with Gasteiger partial charge in [-0.2, -0.15) is 0 Å². The lowest BCUT2D eigenvalue weighted by Gasteiger charge is -2.18. The van der Waals surface area contributed by atoms with Crippen LogP contribution in [0.5, 0.6) is 0 Å². The van der Waals surface area contributed by atoms with E-state index in [-0.39, 0.29) is 31.1 Å². The molecule has 0 rings (SSSR count). The van der Waals surface area contributed by atoms with Crippen molar-refractivity contribution >= 4 is 17.9 Å². The van der Waals surface area contributed by atoms with Crippen molar-refractivity contribution in [1.29, 1.82) is 0 Å². The van der Waals surface area contributed by atoms with Gasteiger partial charge in [0.05, 0.1) is 0 Å². The van der Waals surface area contributed by atoms with Gasteiger partial charge in [0.1, 0.15) is 13.2 Å². The first-order valence-corrected chi connectivity index (χ1v) is 35.4. The fourth-order valence-electron chi connectivity index (χ4n) is 10.1. The summed E-state index contributed by atoms with van der Waals surface area (Å²) in [5.74, 6) is -0.903. The Kier molecular flexibility index (Phi) is 67.2. The van der Waals surface area contributed by atoms with Gasteiger partial charge >= 0.3 is 17.9 Å². The van der Waals surface area contributed by atoms with Crippen LogP contribution in [-0.4, -0.2) is 37.2 Å². The third-order valence-electron chi connectivity index (χ3n) is 15.3. The van der Waals surface area contributed by atoms with Crippen LogP contribution in [0, 0.1) is 0 Å². The number of hydrogen-bond acceptors (Lipinski definition) is 6. The standard InChI is InChI=1S/C77H132O6/c1-4-7-10-13-16-19-22-25-28-30-32-33-34-35-36-37-38-39-40-41-42-43-45-46-49-52-55-58-61-64-67-70-76(79)82-73-74(72-81-75(78)69-66-63-60-57-54-51-48-27-24-21-18-15-12-9-6-3)83-77(80)71-68-65-62-59-56-53-50-47-44-31-29-26-23-20-17-14-11-8-5-2/h7-8,10-11,16-17,19-20,25-26,28-29,32-33,44,47,53,56,74H,4-6,9,12-15,18,21-24,27,30-31,34-43,45-46,48-52,54-55,57-73H2,1-3H3/b10-7-,11-8-,19-16-,20-17-,28-25-,29-26-,33-32-,47-44-,56-53-. The van der Waals surface area contributed by atoms with E-state index in [1.165, 1.54) is 180 Å². The topological polar surface area (TPSA) is 78.9 Å². The summed E-state index contributed by atoms with van der Waals surface area (Å²) < 4.78 is 17.0. The summed E-state index contributed by atoms with van der Waals surface area (Å²) in [5.41, 5.74) is 0. The van der Waals surface area contributed by atoms with E-state index in [9.17, 15) is 14.4 Å². The largest absolute Gasteiger partial charge is 0.462 e. The number of esters is 3. The van der Waals surface area contributed by atoms with Crippen LogP contribution >= 0.6 is 0 Å². The molecule has 83 heavy (non-hydrogen) atoms. The Morgan fingerprint density at radius 3 is 0.747 bits per heavy atom. The van der Waals surface area contributed by atoms with Gasteiger partial charge in [0.15, 0.2) is 6.10 Å². The van der Waals surface area contributed by atoms with E-state index in [0.29, 0.717) is 19.3 Å². The number of unbranched alkanes of at least 4 members (excludes halogenated alkanes) is 35. The zero-order chi connectivity index (χ0) is 59.9. The summed E-state index contributed by atoms with van der Waals surface area (Å²) in [6, 6.07) is 0. The lowest BCUT2D eigenvalue weighted by atomic mass is 10.0. The molecule has 0 spiro atoms. The van der Waals surface area contributed by atoms with Crippen LogP contribution in [0.1, 0.15) is 342 Å². The van der Waals surface area contributed by atoms with Crippen molar-refractivity contribution in [3.8, 4) is 0 Å². The molecular weight excluding hydrogens is 1020 g/mol. The SMILES string of the molecule is CC/C=C\C/C=C\C/C=C\C/C=C\C/C=C\CCCCCC(=O)OC(COC(=O)CCCCCCCCCCCCCCCCC)COC(=O)CCCCCCCCCCCCCCCCCCCC/C=C\C/C=C\C/C=C\C/C=C\CC. The predicted molar refractivity (Wildman–Crippen MR) is 362 cm³/mol. The van der Waals surface area contributed by atoms with Gasteiger partial charge < -0.3 is 14.2 Å². The molecule has 6 heteroatoms. The van der Waals surface area contributed by atoms with Gasteiger partial charge in [-0.3, -0.25) is 14.4 Å². The highest BCUT2D eigenvalue weighted by atomic mass is 16.6. The molecule has 0 aliphatic rings. The average molecular weight is 1150 g/mol. The molecule has 476 valence electrons. The second kappa shape index (κ2) is 70.6. The summed E-state index contributed by atoms with van der Waals surface area (Å²) in [5, 5.41) is 0. The quantitative estimate of drug-likeness (QED) is 0.0261. The lowest BCUT2D eigenvalue weighted by Crippen LogP contribution is -2.30. The molecule has 0 saturated heterocycles. The Balaban J connectivity index is 4.27. The minimum atomic E-state index is -0.795. The van der Waals surface area contributed by atoms with Gasteiger partial charge in [-0.25, -0.2) is 0 Å². The molecule has 6 nitrogen and oxygen atoms in total. The van der Waals surface area contributed by atoms with Gasteiger partial charge in [0.2, 0.25) is 0 Å². The Labute approximate surface area is 514 Å². The molecule has 1 unspecified atom stereocenters. The van der Waals surface area contributed by atoms with Crippen LogP contribution < -0.4 is 0 Å². The number of carbonyl (C=O) groups is 3. The maximum atomic E-state index is 12.9. The molecule has 0 heterocycles. The van der Waals surface area contributed by atoms with E-state index in [2.05, 4.69) is 130 Å². The summed E-state index contributed by atoms with van der Waals surface area (Å²) in [6.45, 7) is 6.43. The Bertz CT molecular complexity index is 1660. The van der Waals surface area contributed by atoms with Gasteiger partial charge in [-0.15, -0.1) is 0 Å². The third kappa shape index (κ3) is 68.7. The van der Waals surface area contributed by atoms with Gasteiger partial charge in [-0.05, 0) is 103 Å². The van der Waals surface area contributed by atoms with E-state index in [1.807, 2.05) is 0 Å². The summed E-state index contributed by atoms with van der Waals surface area (Å²) in [6.07, 6.45) is 96.9. The van der Waals surface area contributed by atoms with Crippen molar-refractivity contribution in [3.05, 3.63) is 109 Å². The molecular formula is C77H132O6. The molecule has 0 N–H and O–H groups in total.